The summed E-state index contributed by atoms with van der Waals surface area (Å²) in [7, 11) is 0. The smallest absolute Gasteiger partial charge is 0.144 e. The Morgan fingerprint density at radius 1 is 1.35 bits per heavy atom. The van der Waals surface area contributed by atoms with Crippen LogP contribution in [0.3, 0.4) is 0 Å². The summed E-state index contributed by atoms with van der Waals surface area (Å²) in [5.74, 6) is 1.49. The van der Waals surface area contributed by atoms with Gasteiger partial charge in [-0.3, -0.25) is 0 Å². The summed E-state index contributed by atoms with van der Waals surface area (Å²) in [4.78, 5) is 8.07. The van der Waals surface area contributed by atoms with Gasteiger partial charge in [-0.05, 0) is 52.7 Å². The predicted molar refractivity (Wildman–Crippen MR) is 87.7 cm³/mol. The van der Waals surface area contributed by atoms with Crippen molar-refractivity contribution >= 4 is 28.1 Å². The van der Waals surface area contributed by atoms with E-state index in [-0.39, 0.29) is 0 Å². The predicted octanol–water partition coefficient (Wildman–Crippen LogP) is 4.74. The highest BCUT2D eigenvalue weighted by atomic mass is 79.9. The van der Waals surface area contributed by atoms with Gasteiger partial charge in [-0.15, -0.1) is 0 Å². The minimum absolute atomic E-state index is 0.449. The second-order valence-electron chi connectivity index (χ2n) is 5.28. The maximum Gasteiger partial charge on any atom is 0.144 e. The molecule has 0 saturated carbocycles. The highest BCUT2D eigenvalue weighted by Crippen LogP contribution is 2.31. The van der Waals surface area contributed by atoms with E-state index in [1.54, 1.807) is 0 Å². The number of aryl methyl sites for hydroxylation is 2. The number of nitrogens with zero attached hydrogens (tertiary/aromatic N) is 1. The number of H-pyrrole nitrogens is 1. The first-order valence-electron chi connectivity index (χ1n) is 7.04. The summed E-state index contributed by atoms with van der Waals surface area (Å²) in [5, 5.41) is 0. The van der Waals surface area contributed by atoms with Gasteiger partial charge in [-0.2, -0.15) is 0 Å². The highest BCUT2D eigenvalue weighted by molar-refractivity contribution is 9.10. The van der Waals surface area contributed by atoms with Crippen LogP contribution in [-0.2, 0) is 19.3 Å². The van der Waals surface area contributed by atoms with Crippen molar-refractivity contribution in [3.05, 3.63) is 56.0 Å². The van der Waals surface area contributed by atoms with Crippen molar-refractivity contribution in [3.8, 4) is 0 Å². The number of rotatable bonds is 2. The van der Waals surface area contributed by atoms with Crippen molar-refractivity contribution in [1.29, 1.82) is 0 Å². The van der Waals surface area contributed by atoms with E-state index in [9.17, 15) is 0 Å². The highest BCUT2D eigenvalue weighted by Gasteiger charge is 2.22. The number of aromatic amines is 1. The Morgan fingerprint density at radius 2 is 2.10 bits per heavy atom. The summed E-state index contributed by atoms with van der Waals surface area (Å²) < 4.78 is 1.62. The molecule has 1 aromatic heterocycles. The zero-order valence-electron chi connectivity index (χ0n) is 11.4. The van der Waals surface area contributed by atoms with Crippen LogP contribution in [0.1, 0.15) is 41.9 Å². The summed E-state index contributed by atoms with van der Waals surface area (Å²) in [6, 6.07) is 8.71. The zero-order valence-corrected chi connectivity index (χ0v) is 13.9. The van der Waals surface area contributed by atoms with E-state index in [0.29, 0.717) is 10.6 Å². The van der Waals surface area contributed by atoms with E-state index in [1.807, 2.05) is 0 Å². The van der Waals surface area contributed by atoms with Crippen molar-refractivity contribution in [1.82, 2.24) is 9.97 Å². The first-order valence-corrected chi connectivity index (χ1v) is 8.24. The van der Waals surface area contributed by atoms with E-state index in [0.717, 1.165) is 41.7 Å². The molecule has 20 heavy (non-hydrogen) atoms. The van der Waals surface area contributed by atoms with Crippen molar-refractivity contribution < 1.29 is 0 Å². The maximum absolute atomic E-state index is 5.36. The first-order chi connectivity index (χ1) is 9.69. The standard InChI is InChI=1S/C16H17BrN2S/c1-2-13-14(17)16(20)19-15(18-13)12-8-7-10-5-3-4-6-11(10)9-12/h3-6,12H,2,7-9H2,1H3,(H,18,19,20). The molecule has 4 heteroatoms. The van der Waals surface area contributed by atoms with E-state index >= 15 is 0 Å². The van der Waals surface area contributed by atoms with Crippen LogP contribution >= 0.6 is 28.1 Å². The fourth-order valence-corrected chi connectivity index (χ4v) is 3.58. The minimum atomic E-state index is 0.449. The first kappa shape index (κ1) is 14.0. The summed E-state index contributed by atoms with van der Waals surface area (Å²) in [6.45, 7) is 2.13. The molecule has 0 radical (unpaired) electrons. The molecular formula is C16H17BrN2S. The van der Waals surface area contributed by atoms with E-state index in [1.165, 1.54) is 11.1 Å². The molecular weight excluding hydrogens is 332 g/mol. The van der Waals surface area contributed by atoms with Crippen LogP contribution in [0.5, 0.6) is 0 Å². The average Bonchev–Trinajstić information content (AvgIpc) is 2.49. The molecule has 104 valence electrons. The number of benzene rings is 1. The maximum atomic E-state index is 5.36. The van der Waals surface area contributed by atoms with E-state index in [2.05, 4.69) is 57.1 Å². The Kier molecular flexibility index (Phi) is 4.03. The molecule has 0 spiro atoms. The SMILES string of the molecule is CCc1[nH]c(C2CCc3ccccc3C2)nc(=S)c1Br. The van der Waals surface area contributed by atoms with Crippen LogP contribution < -0.4 is 0 Å². The molecule has 0 amide bonds. The Balaban J connectivity index is 1.96. The zero-order chi connectivity index (χ0) is 14.1. The van der Waals surface area contributed by atoms with Gasteiger partial charge in [0.1, 0.15) is 10.5 Å². The second kappa shape index (κ2) is 5.78. The lowest BCUT2D eigenvalue weighted by atomic mass is 9.83. The van der Waals surface area contributed by atoms with Crippen LogP contribution in [0, 0.1) is 4.64 Å². The number of halogens is 1. The third kappa shape index (κ3) is 2.59. The van der Waals surface area contributed by atoms with Crippen LogP contribution in [0.25, 0.3) is 0 Å². The number of nitrogens with one attached hydrogen (secondary N) is 1. The number of aromatic nitrogens is 2. The Labute approximate surface area is 132 Å². The third-order valence-corrected chi connectivity index (χ3v) is 5.45. The molecule has 0 saturated heterocycles. The van der Waals surface area contributed by atoms with Crippen LogP contribution in [-0.4, -0.2) is 9.97 Å². The molecule has 1 unspecified atom stereocenters. The number of hydrogen-bond acceptors (Lipinski definition) is 2. The number of fused-ring (bicyclic) bond motifs is 1. The van der Waals surface area contributed by atoms with Gasteiger partial charge in [-0.1, -0.05) is 43.4 Å². The Bertz CT molecular complexity index is 693. The second-order valence-corrected chi connectivity index (χ2v) is 6.46. The molecule has 0 fully saturated rings. The van der Waals surface area contributed by atoms with Gasteiger partial charge >= 0.3 is 0 Å². The lowest BCUT2D eigenvalue weighted by Crippen LogP contribution is -2.16. The van der Waals surface area contributed by atoms with Gasteiger partial charge in [0.05, 0.1) is 4.47 Å². The van der Waals surface area contributed by atoms with Crippen molar-refractivity contribution in [2.45, 2.75) is 38.5 Å². The molecule has 1 heterocycles. The molecule has 1 aromatic carbocycles. The van der Waals surface area contributed by atoms with Crippen LogP contribution in [0.15, 0.2) is 28.7 Å². The summed E-state index contributed by atoms with van der Waals surface area (Å²) in [6.07, 6.45) is 4.25. The van der Waals surface area contributed by atoms with Gasteiger partial charge in [0.25, 0.3) is 0 Å². The molecule has 2 nitrogen and oxygen atoms in total. The van der Waals surface area contributed by atoms with Gasteiger partial charge in [-0.25, -0.2) is 4.98 Å². The fraction of sp³-hybridized carbons (Fsp3) is 0.375. The van der Waals surface area contributed by atoms with Gasteiger partial charge in [0.15, 0.2) is 0 Å². The lowest BCUT2D eigenvalue weighted by molar-refractivity contribution is 0.551. The minimum Gasteiger partial charge on any atom is -0.346 e. The number of hydrogen-bond donors (Lipinski definition) is 1. The Morgan fingerprint density at radius 3 is 2.85 bits per heavy atom. The van der Waals surface area contributed by atoms with Crippen LogP contribution in [0.2, 0.25) is 0 Å². The van der Waals surface area contributed by atoms with E-state index < -0.39 is 0 Å². The molecule has 1 atom stereocenters. The largest absolute Gasteiger partial charge is 0.346 e. The lowest BCUT2D eigenvalue weighted by Gasteiger charge is -2.24. The summed E-state index contributed by atoms with van der Waals surface area (Å²) >= 11 is 8.89. The molecule has 1 N–H and O–H groups in total. The van der Waals surface area contributed by atoms with Crippen LogP contribution in [0.4, 0.5) is 0 Å². The third-order valence-electron chi connectivity index (χ3n) is 4.04. The van der Waals surface area contributed by atoms with Crippen molar-refractivity contribution in [2.24, 2.45) is 0 Å². The fourth-order valence-electron chi connectivity index (χ4n) is 2.89. The molecule has 3 rings (SSSR count). The monoisotopic (exact) mass is 348 g/mol. The molecule has 1 aliphatic rings. The normalized spacial score (nSPS) is 17.8. The quantitative estimate of drug-likeness (QED) is 0.794. The van der Waals surface area contributed by atoms with Gasteiger partial charge in [0, 0.05) is 11.6 Å². The molecule has 1 aliphatic carbocycles. The Hall–Kier alpha value is -1.00. The van der Waals surface area contributed by atoms with Crippen molar-refractivity contribution in [3.63, 3.8) is 0 Å². The topological polar surface area (TPSA) is 28.7 Å². The average molecular weight is 349 g/mol. The van der Waals surface area contributed by atoms with E-state index in [4.69, 9.17) is 12.2 Å². The van der Waals surface area contributed by atoms with Crippen molar-refractivity contribution in [2.75, 3.05) is 0 Å². The summed E-state index contributed by atoms with van der Waals surface area (Å²) in [5.41, 5.74) is 4.08. The van der Waals surface area contributed by atoms with Gasteiger partial charge < -0.3 is 4.98 Å². The molecule has 0 aliphatic heterocycles. The van der Waals surface area contributed by atoms with Gasteiger partial charge in [0.2, 0.25) is 0 Å². The molecule has 2 aromatic rings. The molecule has 0 bridgehead atoms.